The molecule has 35 heavy (non-hydrogen) atoms. The van der Waals surface area contributed by atoms with Crippen LogP contribution in [0.15, 0.2) is 67.0 Å². The van der Waals surface area contributed by atoms with Crippen LogP contribution in [0.1, 0.15) is 36.0 Å². The van der Waals surface area contributed by atoms with E-state index in [2.05, 4.69) is 22.0 Å². The predicted molar refractivity (Wildman–Crippen MR) is 138 cm³/mol. The fourth-order valence-corrected chi connectivity index (χ4v) is 5.00. The Hall–Kier alpha value is -3.38. The van der Waals surface area contributed by atoms with Crippen molar-refractivity contribution in [3.63, 3.8) is 0 Å². The minimum absolute atomic E-state index is 0.0347. The molecule has 5 rings (SSSR count). The van der Waals surface area contributed by atoms with Crippen molar-refractivity contribution in [1.82, 2.24) is 9.88 Å². The topological polar surface area (TPSA) is 54.9 Å². The number of ether oxygens (including phenoxy) is 2. The minimum Gasteiger partial charge on any atom is -0.493 e. The van der Waals surface area contributed by atoms with E-state index in [9.17, 15) is 4.79 Å². The lowest BCUT2D eigenvalue weighted by atomic mass is 10.1. The van der Waals surface area contributed by atoms with E-state index >= 15 is 0 Å². The number of methoxy groups -OCH3 is 2. The van der Waals surface area contributed by atoms with Crippen LogP contribution >= 0.6 is 0 Å². The molecule has 0 radical (unpaired) electrons. The normalized spacial score (nSPS) is 17.8. The Morgan fingerprint density at radius 2 is 1.83 bits per heavy atom. The van der Waals surface area contributed by atoms with Crippen molar-refractivity contribution < 1.29 is 14.3 Å². The number of rotatable bonds is 9. The molecule has 0 unspecified atom stereocenters. The first-order valence-corrected chi connectivity index (χ1v) is 12.4. The summed E-state index contributed by atoms with van der Waals surface area (Å²) in [6.07, 6.45) is 8.61. The Morgan fingerprint density at radius 1 is 1.00 bits per heavy atom. The molecule has 6 heteroatoms. The van der Waals surface area contributed by atoms with Gasteiger partial charge in [-0.25, -0.2) is 0 Å². The molecule has 1 aliphatic carbocycles. The molecule has 1 atom stereocenters. The third kappa shape index (κ3) is 5.33. The van der Waals surface area contributed by atoms with Crippen molar-refractivity contribution in [2.24, 2.45) is 5.92 Å². The summed E-state index contributed by atoms with van der Waals surface area (Å²) in [4.78, 5) is 22.8. The molecule has 182 valence electrons. The molecule has 2 fully saturated rings. The second-order valence-electron chi connectivity index (χ2n) is 9.51. The van der Waals surface area contributed by atoms with E-state index in [1.54, 1.807) is 32.5 Å². The van der Waals surface area contributed by atoms with Gasteiger partial charge in [-0.2, -0.15) is 0 Å². The highest BCUT2D eigenvalue weighted by molar-refractivity contribution is 6.06. The predicted octanol–water partition coefficient (Wildman–Crippen LogP) is 5.29. The Balaban J connectivity index is 1.49. The number of carbonyl (C=O) groups excluding carboxylic acids is 1. The fourth-order valence-electron chi connectivity index (χ4n) is 5.00. The number of likely N-dealkylation sites (tertiary alicyclic amines) is 1. The van der Waals surface area contributed by atoms with Crippen LogP contribution in [0.5, 0.6) is 11.5 Å². The van der Waals surface area contributed by atoms with E-state index in [1.807, 2.05) is 41.4 Å². The molecular formula is C29H33N3O3. The van der Waals surface area contributed by atoms with E-state index in [0.29, 0.717) is 29.6 Å². The van der Waals surface area contributed by atoms with Crippen molar-refractivity contribution in [2.75, 3.05) is 38.8 Å². The summed E-state index contributed by atoms with van der Waals surface area (Å²) >= 11 is 0. The summed E-state index contributed by atoms with van der Waals surface area (Å²) in [7, 11) is 3.19. The summed E-state index contributed by atoms with van der Waals surface area (Å²) in [6.45, 7) is 2.93. The number of carbonyl (C=O) groups is 1. The Morgan fingerprint density at radius 3 is 2.57 bits per heavy atom. The summed E-state index contributed by atoms with van der Waals surface area (Å²) in [5, 5.41) is 0. The molecule has 2 heterocycles. The van der Waals surface area contributed by atoms with Gasteiger partial charge >= 0.3 is 0 Å². The first kappa shape index (κ1) is 23.4. The van der Waals surface area contributed by atoms with Gasteiger partial charge in [-0.3, -0.25) is 14.7 Å². The molecule has 1 saturated heterocycles. The van der Waals surface area contributed by atoms with Gasteiger partial charge in [0, 0.05) is 48.3 Å². The second-order valence-corrected chi connectivity index (χ2v) is 9.51. The number of benzene rings is 2. The summed E-state index contributed by atoms with van der Waals surface area (Å²) < 4.78 is 10.9. The standard InChI is InChI=1S/C29H33N3O3/c1-34-27-13-12-23(17-28(27)35-2)29(33)32(20-26-9-5-15-31(26)19-21-10-11-21)25-8-3-6-22(16-25)24-7-4-14-30-18-24/h3-4,6-8,12-14,16-18,21,26H,5,9-11,15,19-20H2,1-2H3/t26-/m0/s1. The molecule has 1 aromatic heterocycles. The lowest BCUT2D eigenvalue weighted by Gasteiger charge is -2.31. The number of hydrogen-bond acceptors (Lipinski definition) is 5. The molecule has 0 N–H and O–H groups in total. The molecule has 1 amide bonds. The zero-order valence-electron chi connectivity index (χ0n) is 20.5. The molecule has 1 aliphatic heterocycles. The van der Waals surface area contributed by atoms with Gasteiger partial charge in [-0.1, -0.05) is 18.2 Å². The van der Waals surface area contributed by atoms with Gasteiger partial charge in [0.1, 0.15) is 0 Å². The third-order valence-corrected chi connectivity index (χ3v) is 7.11. The first-order valence-electron chi connectivity index (χ1n) is 12.4. The highest BCUT2D eigenvalue weighted by atomic mass is 16.5. The number of anilines is 1. The molecule has 6 nitrogen and oxygen atoms in total. The van der Waals surface area contributed by atoms with Crippen molar-refractivity contribution in [3.05, 3.63) is 72.6 Å². The molecule has 3 aromatic rings. The summed E-state index contributed by atoms with van der Waals surface area (Å²) in [5.74, 6) is 1.96. The van der Waals surface area contributed by atoms with E-state index < -0.39 is 0 Å². The van der Waals surface area contributed by atoms with Crippen LogP contribution in [0.2, 0.25) is 0 Å². The van der Waals surface area contributed by atoms with Crippen LogP contribution in [0, 0.1) is 5.92 Å². The molecular weight excluding hydrogens is 438 g/mol. The number of amides is 1. The molecule has 2 aromatic carbocycles. The number of pyridine rings is 1. The molecule has 0 spiro atoms. The van der Waals surface area contributed by atoms with Crippen LogP contribution in [-0.4, -0.2) is 55.7 Å². The monoisotopic (exact) mass is 471 g/mol. The van der Waals surface area contributed by atoms with Gasteiger partial charge in [-0.15, -0.1) is 0 Å². The van der Waals surface area contributed by atoms with Crippen molar-refractivity contribution >= 4 is 11.6 Å². The Bertz CT molecular complexity index is 1160. The van der Waals surface area contributed by atoms with Crippen molar-refractivity contribution in [1.29, 1.82) is 0 Å². The van der Waals surface area contributed by atoms with Crippen LogP contribution in [-0.2, 0) is 0 Å². The highest BCUT2D eigenvalue weighted by Gasteiger charge is 2.33. The maximum Gasteiger partial charge on any atom is 0.258 e. The number of nitrogens with zero attached hydrogens (tertiary/aromatic N) is 3. The molecule has 2 aliphatic rings. The van der Waals surface area contributed by atoms with Gasteiger partial charge < -0.3 is 14.4 Å². The Labute approximate surface area is 207 Å². The number of aromatic nitrogens is 1. The number of hydrogen-bond donors (Lipinski definition) is 0. The Kier molecular flexibility index (Phi) is 7.00. The maximum absolute atomic E-state index is 14.0. The van der Waals surface area contributed by atoms with Crippen LogP contribution in [0.4, 0.5) is 5.69 Å². The van der Waals surface area contributed by atoms with Crippen LogP contribution in [0.3, 0.4) is 0 Å². The van der Waals surface area contributed by atoms with E-state index in [4.69, 9.17) is 9.47 Å². The smallest absolute Gasteiger partial charge is 0.258 e. The summed E-state index contributed by atoms with van der Waals surface area (Å²) in [5.41, 5.74) is 3.55. The fraction of sp³-hybridized carbons (Fsp3) is 0.379. The van der Waals surface area contributed by atoms with E-state index in [-0.39, 0.29) is 5.91 Å². The zero-order valence-corrected chi connectivity index (χ0v) is 20.5. The summed E-state index contributed by atoms with van der Waals surface area (Å²) in [6, 6.07) is 17.9. The second kappa shape index (κ2) is 10.5. The van der Waals surface area contributed by atoms with Gasteiger partial charge in [0.15, 0.2) is 11.5 Å². The van der Waals surface area contributed by atoms with Gasteiger partial charge in [0.25, 0.3) is 5.91 Å². The van der Waals surface area contributed by atoms with Gasteiger partial charge in [0.2, 0.25) is 0 Å². The largest absolute Gasteiger partial charge is 0.493 e. The van der Waals surface area contributed by atoms with Gasteiger partial charge in [-0.05, 0) is 80.1 Å². The molecule has 0 bridgehead atoms. The highest BCUT2D eigenvalue weighted by Crippen LogP contribution is 2.34. The SMILES string of the molecule is COc1ccc(C(=O)N(C[C@@H]2CCCN2CC2CC2)c2cccc(-c3cccnc3)c2)cc1OC. The lowest BCUT2D eigenvalue weighted by molar-refractivity contribution is 0.0977. The maximum atomic E-state index is 14.0. The van der Waals surface area contributed by atoms with Crippen LogP contribution in [0.25, 0.3) is 11.1 Å². The average Bonchev–Trinajstić information content (AvgIpc) is 3.63. The first-order chi connectivity index (χ1) is 17.2. The quantitative estimate of drug-likeness (QED) is 0.425. The van der Waals surface area contributed by atoms with Crippen LogP contribution < -0.4 is 14.4 Å². The minimum atomic E-state index is -0.0347. The lowest BCUT2D eigenvalue weighted by Crippen LogP contribution is -2.44. The van der Waals surface area contributed by atoms with Crippen molar-refractivity contribution in [2.45, 2.75) is 31.7 Å². The van der Waals surface area contributed by atoms with Crippen molar-refractivity contribution in [3.8, 4) is 22.6 Å². The van der Waals surface area contributed by atoms with Gasteiger partial charge in [0.05, 0.1) is 14.2 Å². The molecule has 1 saturated carbocycles. The third-order valence-electron chi connectivity index (χ3n) is 7.11. The van der Waals surface area contributed by atoms with E-state index in [1.165, 1.54) is 19.3 Å². The average molecular weight is 472 g/mol. The van der Waals surface area contributed by atoms with E-state index in [0.717, 1.165) is 42.2 Å². The zero-order chi connectivity index (χ0) is 24.2.